The van der Waals surface area contributed by atoms with Crippen LogP contribution in [-0.4, -0.2) is 55.1 Å². The first kappa shape index (κ1) is 28.7. The fourth-order valence-corrected chi connectivity index (χ4v) is 5.85. The van der Waals surface area contributed by atoms with Gasteiger partial charge >= 0.3 is 0 Å². The number of carbonyl (C=O) groups is 2. The highest BCUT2D eigenvalue weighted by Gasteiger charge is 2.31. The summed E-state index contributed by atoms with van der Waals surface area (Å²) in [5.74, 6) is -0.823. The molecule has 0 saturated heterocycles. The van der Waals surface area contributed by atoms with Crippen LogP contribution >= 0.6 is 34.8 Å². The Labute approximate surface area is 227 Å². The van der Waals surface area contributed by atoms with E-state index in [1.165, 1.54) is 36.2 Å². The number of benzene rings is 2. The van der Waals surface area contributed by atoms with Crippen LogP contribution in [0.4, 0.5) is 0 Å². The average molecular weight is 575 g/mol. The molecule has 1 atom stereocenters. The Morgan fingerprint density at radius 3 is 2.22 bits per heavy atom. The van der Waals surface area contributed by atoms with Crippen LogP contribution in [0, 0.1) is 0 Å². The van der Waals surface area contributed by atoms with E-state index in [1.807, 2.05) is 0 Å². The van der Waals surface area contributed by atoms with Crippen LogP contribution in [0.25, 0.3) is 0 Å². The Morgan fingerprint density at radius 1 is 1.00 bits per heavy atom. The highest BCUT2D eigenvalue weighted by Crippen LogP contribution is 2.24. The minimum absolute atomic E-state index is 0.0117. The Balaban J connectivity index is 1.82. The number of hydrogen-bond donors (Lipinski definition) is 1. The normalized spacial score (nSPS) is 15.5. The maximum Gasteiger partial charge on any atom is 0.243 e. The van der Waals surface area contributed by atoms with E-state index < -0.39 is 28.5 Å². The third-order valence-electron chi connectivity index (χ3n) is 6.35. The molecule has 2 aromatic rings. The maximum absolute atomic E-state index is 13.5. The van der Waals surface area contributed by atoms with E-state index in [9.17, 15) is 18.0 Å². The van der Waals surface area contributed by atoms with E-state index in [-0.39, 0.29) is 23.4 Å². The van der Waals surface area contributed by atoms with Crippen molar-refractivity contribution >= 4 is 56.6 Å². The van der Waals surface area contributed by atoms with Gasteiger partial charge in [-0.1, -0.05) is 60.1 Å². The van der Waals surface area contributed by atoms with Crippen molar-refractivity contribution in [1.82, 2.24) is 14.5 Å². The summed E-state index contributed by atoms with van der Waals surface area (Å²) >= 11 is 18.2. The first-order chi connectivity index (χ1) is 17.0. The molecule has 196 valence electrons. The van der Waals surface area contributed by atoms with Crippen LogP contribution < -0.4 is 5.32 Å². The van der Waals surface area contributed by atoms with E-state index in [4.69, 9.17) is 34.8 Å². The van der Waals surface area contributed by atoms with E-state index in [2.05, 4.69) is 5.32 Å². The zero-order valence-corrected chi connectivity index (χ0v) is 23.3. The number of nitrogens with one attached hydrogen (secondary N) is 1. The molecule has 2 amide bonds. The van der Waals surface area contributed by atoms with Crippen LogP contribution in [0.1, 0.15) is 44.6 Å². The molecule has 1 aliphatic rings. The highest BCUT2D eigenvalue weighted by atomic mass is 35.5. The van der Waals surface area contributed by atoms with E-state index in [0.29, 0.717) is 20.6 Å². The molecule has 0 aromatic heterocycles. The van der Waals surface area contributed by atoms with Gasteiger partial charge in [-0.25, -0.2) is 8.42 Å². The van der Waals surface area contributed by atoms with Crippen molar-refractivity contribution in [1.29, 1.82) is 0 Å². The van der Waals surface area contributed by atoms with Crippen molar-refractivity contribution < 1.29 is 18.0 Å². The molecular weight excluding hydrogens is 545 g/mol. The van der Waals surface area contributed by atoms with Crippen LogP contribution in [0.3, 0.4) is 0 Å². The largest absolute Gasteiger partial charge is 0.352 e. The molecule has 0 aliphatic heterocycles. The second kappa shape index (κ2) is 12.6. The third-order valence-corrected chi connectivity index (χ3v) is 9.01. The van der Waals surface area contributed by atoms with Gasteiger partial charge in [-0.2, -0.15) is 4.31 Å². The molecule has 7 nitrogen and oxygen atoms in total. The highest BCUT2D eigenvalue weighted by molar-refractivity contribution is 7.89. The standard InChI is InChI=1S/C25H30Cl3N3O4S/c1-17(25(33)29-21-6-4-3-5-7-21)31(15-18-8-9-20(27)14-23(18)28)24(32)16-30(2)36(34,35)22-12-10-19(26)11-13-22/h8-14,17,21H,3-7,15-16H2,1-2H3,(H,29,33). The Hall–Kier alpha value is -1.84. The van der Waals surface area contributed by atoms with Crippen LogP contribution in [0.5, 0.6) is 0 Å². The number of nitrogens with zero attached hydrogens (tertiary/aromatic N) is 2. The van der Waals surface area contributed by atoms with Gasteiger partial charge in [0.2, 0.25) is 21.8 Å². The lowest BCUT2D eigenvalue weighted by Crippen LogP contribution is -2.52. The van der Waals surface area contributed by atoms with Gasteiger partial charge in [0.05, 0.1) is 11.4 Å². The van der Waals surface area contributed by atoms with Crippen molar-refractivity contribution in [3.63, 3.8) is 0 Å². The Kier molecular flexibility index (Phi) is 10.1. The molecule has 3 rings (SSSR count). The molecule has 0 spiro atoms. The summed E-state index contributed by atoms with van der Waals surface area (Å²) in [7, 11) is -2.63. The molecule has 1 fully saturated rings. The lowest BCUT2D eigenvalue weighted by Gasteiger charge is -2.32. The number of rotatable bonds is 9. The van der Waals surface area contributed by atoms with Gasteiger partial charge in [0.25, 0.3) is 0 Å². The molecule has 1 aliphatic carbocycles. The maximum atomic E-state index is 13.5. The Bertz CT molecular complexity index is 1190. The molecule has 1 saturated carbocycles. The van der Waals surface area contributed by atoms with Gasteiger partial charge < -0.3 is 10.2 Å². The number of likely N-dealkylation sites (N-methyl/N-ethyl adjacent to an activating group) is 1. The first-order valence-corrected chi connectivity index (χ1v) is 14.3. The second-order valence-electron chi connectivity index (χ2n) is 8.99. The summed E-state index contributed by atoms with van der Waals surface area (Å²) in [5.41, 5.74) is 0.593. The summed E-state index contributed by atoms with van der Waals surface area (Å²) < 4.78 is 27.0. The molecule has 1 N–H and O–H groups in total. The summed E-state index contributed by atoms with van der Waals surface area (Å²) in [4.78, 5) is 27.9. The van der Waals surface area contributed by atoms with Crippen LogP contribution in [0.15, 0.2) is 47.4 Å². The van der Waals surface area contributed by atoms with Crippen molar-refractivity contribution in [2.24, 2.45) is 0 Å². The molecule has 36 heavy (non-hydrogen) atoms. The molecule has 1 unspecified atom stereocenters. The number of hydrogen-bond acceptors (Lipinski definition) is 4. The Morgan fingerprint density at radius 2 is 1.61 bits per heavy atom. The SMILES string of the molecule is CC(C(=O)NC1CCCCC1)N(Cc1ccc(Cl)cc1Cl)C(=O)CN(C)S(=O)(=O)c1ccc(Cl)cc1. The summed E-state index contributed by atoms with van der Waals surface area (Å²) in [5, 5.41) is 4.24. The van der Waals surface area contributed by atoms with Crippen LogP contribution in [-0.2, 0) is 26.2 Å². The van der Waals surface area contributed by atoms with Gasteiger partial charge in [0.1, 0.15) is 6.04 Å². The van der Waals surface area contributed by atoms with Gasteiger partial charge in [0.15, 0.2) is 0 Å². The zero-order valence-electron chi connectivity index (χ0n) is 20.2. The van der Waals surface area contributed by atoms with Crippen molar-refractivity contribution in [2.45, 2.75) is 62.6 Å². The van der Waals surface area contributed by atoms with Gasteiger partial charge in [-0.05, 0) is 61.7 Å². The lowest BCUT2D eigenvalue weighted by atomic mass is 9.95. The molecular formula is C25H30Cl3N3O4S. The van der Waals surface area contributed by atoms with Crippen LogP contribution in [0.2, 0.25) is 15.1 Å². The summed E-state index contributed by atoms with van der Waals surface area (Å²) in [6.07, 6.45) is 5.05. The topological polar surface area (TPSA) is 86.8 Å². The monoisotopic (exact) mass is 573 g/mol. The van der Waals surface area contributed by atoms with Gasteiger partial charge in [-0.15, -0.1) is 0 Å². The molecule has 0 radical (unpaired) electrons. The average Bonchev–Trinajstić information content (AvgIpc) is 2.84. The second-order valence-corrected chi connectivity index (χ2v) is 12.3. The van der Waals surface area contributed by atoms with E-state index in [1.54, 1.807) is 25.1 Å². The van der Waals surface area contributed by atoms with E-state index in [0.717, 1.165) is 36.4 Å². The fourth-order valence-electron chi connectivity index (χ4n) is 4.14. The smallest absolute Gasteiger partial charge is 0.243 e. The lowest BCUT2D eigenvalue weighted by molar-refractivity contribution is -0.141. The zero-order chi connectivity index (χ0) is 26.5. The van der Waals surface area contributed by atoms with Crippen molar-refractivity contribution in [2.75, 3.05) is 13.6 Å². The number of sulfonamides is 1. The minimum atomic E-state index is -3.96. The number of halogens is 3. The predicted molar refractivity (Wildman–Crippen MR) is 143 cm³/mol. The summed E-state index contributed by atoms with van der Waals surface area (Å²) in [6, 6.07) is 9.81. The predicted octanol–water partition coefficient (Wildman–Crippen LogP) is 5.13. The molecule has 0 bridgehead atoms. The molecule has 11 heteroatoms. The quantitative estimate of drug-likeness (QED) is 0.450. The van der Waals surface area contributed by atoms with Crippen molar-refractivity contribution in [3.8, 4) is 0 Å². The third kappa shape index (κ3) is 7.35. The van der Waals surface area contributed by atoms with Gasteiger partial charge in [-0.3, -0.25) is 9.59 Å². The number of amides is 2. The molecule has 0 heterocycles. The van der Waals surface area contributed by atoms with E-state index >= 15 is 0 Å². The summed E-state index contributed by atoms with van der Waals surface area (Å²) in [6.45, 7) is 1.19. The first-order valence-electron chi connectivity index (χ1n) is 11.7. The number of carbonyl (C=O) groups excluding carboxylic acids is 2. The van der Waals surface area contributed by atoms with Crippen molar-refractivity contribution in [3.05, 3.63) is 63.1 Å². The molecule has 2 aromatic carbocycles. The fraction of sp³-hybridized carbons (Fsp3) is 0.440. The minimum Gasteiger partial charge on any atom is -0.352 e. The van der Waals surface area contributed by atoms with Gasteiger partial charge in [0, 0.05) is 34.7 Å².